The van der Waals surface area contributed by atoms with E-state index >= 15 is 0 Å². The summed E-state index contributed by atoms with van der Waals surface area (Å²) in [6, 6.07) is 69.1. The van der Waals surface area contributed by atoms with Gasteiger partial charge >= 0.3 is 21.1 Å². The fourth-order valence-corrected chi connectivity index (χ4v) is 10.8. The maximum Gasteiger partial charge on any atom is 4.00 e. The third-order valence-corrected chi connectivity index (χ3v) is 14.7. The van der Waals surface area contributed by atoms with E-state index in [9.17, 15) is 0 Å². The second-order valence-electron chi connectivity index (χ2n) is 23.6. The number of ether oxygens (including phenoxy) is 1. The predicted molar refractivity (Wildman–Crippen MR) is 291 cm³/mol. The minimum absolute atomic E-state index is 0. The van der Waals surface area contributed by atoms with E-state index in [-0.39, 0.29) is 42.7 Å². The minimum atomic E-state index is -0.588. The van der Waals surface area contributed by atoms with E-state index in [0.29, 0.717) is 11.5 Å². The van der Waals surface area contributed by atoms with Crippen molar-refractivity contribution in [2.45, 2.75) is 110 Å². The number of fused-ring (bicyclic) bond motifs is 10. The summed E-state index contributed by atoms with van der Waals surface area (Å²) in [6.07, 6.45) is 0. The third kappa shape index (κ3) is 8.12. The van der Waals surface area contributed by atoms with E-state index in [1.165, 1.54) is 50.1 Å². The maximum absolute atomic E-state index is 6.97. The van der Waals surface area contributed by atoms with Crippen LogP contribution in [0.4, 0.5) is 39.8 Å². The van der Waals surface area contributed by atoms with Crippen molar-refractivity contribution in [3.63, 3.8) is 0 Å². The Labute approximate surface area is 437 Å². The molecular weight excluding hydrogens is 1050 g/mol. The van der Waals surface area contributed by atoms with Gasteiger partial charge in [0, 0.05) is 39.7 Å². The molecule has 1 spiro atoms. The van der Waals surface area contributed by atoms with Crippen LogP contribution < -0.4 is 19.4 Å². The fraction of sp³-hybridized carbons (Fsp3) is 0.258. The summed E-state index contributed by atoms with van der Waals surface area (Å²) >= 11 is 0. The van der Waals surface area contributed by atoms with Gasteiger partial charge in [-0.25, -0.2) is 0 Å². The van der Waals surface area contributed by atoms with Crippen LogP contribution in [0.1, 0.15) is 128 Å². The summed E-state index contributed by atoms with van der Waals surface area (Å²) < 4.78 is 6.97. The number of nitrogens with zero attached hydrogens (tertiary/aromatic N) is 3. The number of para-hydroxylation sites is 1. The van der Waals surface area contributed by atoms with Crippen LogP contribution in [0.15, 0.2) is 158 Å². The van der Waals surface area contributed by atoms with Crippen molar-refractivity contribution in [2.75, 3.05) is 14.7 Å². The number of hydrogen-bond acceptors (Lipinski definition) is 4. The van der Waals surface area contributed by atoms with Crippen LogP contribution in [0, 0.1) is 24.9 Å². The molecule has 2 aliphatic heterocycles. The van der Waals surface area contributed by atoms with Gasteiger partial charge in [-0.15, -0.1) is 54.3 Å². The Morgan fingerprint density at radius 2 is 1.01 bits per heavy atom. The molecule has 358 valence electrons. The van der Waals surface area contributed by atoms with E-state index in [0.717, 1.165) is 45.4 Å². The van der Waals surface area contributed by atoms with Crippen LogP contribution in [0.5, 0.6) is 11.5 Å². The zero-order valence-corrected chi connectivity index (χ0v) is 45.4. The molecule has 0 saturated heterocycles. The van der Waals surface area contributed by atoms with Crippen molar-refractivity contribution >= 4 is 39.8 Å². The normalized spacial score (nSPS) is 14.6. The van der Waals surface area contributed by atoms with Gasteiger partial charge in [-0.3, -0.25) is 0 Å². The monoisotopic (exact) mass is 1110 g/mol. The summed E-state index contributed by atoms with van der Waals surface area (Å²) in [5.74, 6) is 1.21. The molecule has 0 unspecified atom stereocenters. The Morgan fingerprint density at radius 3 is 1.65 bits per heavy atom. The van der Waals surface area contributed by atoms with Gasteiger partial charge in [0.05, 0.1) is 0 Å². The van der Waals surface area contributed by atoms with E-state index < -0.39 is 5.41 Å². The number of rotatable bonds is 5. The van der Waals surface area contributed by atoms with Crippen molar-refractivity contribution in [3.8, 4) is 22.6 Å². The molecule has 3 aliphatic rings. The maximum atomic E-state index is 6.97. The average molecular weight is 1110 g/mol. The first kappa shape index (κ1) is 48.3. The SMILES string of the molecule is CC(C)(C)c1cc[c-]c(N2c3[c-]c(Oc4[c-]c(N5[CH-]N(c6cc(C(C)(C)C)cc(C(C)(C)C)c6)c6ccc(C(C)(C)C)cc65)ccc4)ccc3C3(c4ccccc4-c4ccccc43)c3ccccc32)c1.[Pt+4]. The quantitative estimate of drug-likeness (QED) is 0.160. The summed E-state index contributed by atoms with van der Waals surface area (Å²) in [6.45, 7) is 29.6. The second-order valence-corrected chi connectivity index (χ2v) is 23.6. The van der Waals surface area contributed by atoms with Gasteiger partial charge in [-0.2, -0.15) is 35.9 Å². The van der Waals surface area contributed by atoms with Crippen LogP contribution in [0.25, 0.3) is 11.1 Å². The van der Waals surface area contributed by atoms with Crippen molar-refractivity contribution in [2.24, 2.45) is 0 Å². The summed E-state index contributed by atoms with van der Waals surface area (Å²) in [7, 11) is 0. The van der Waals surface area contributed by atoms with Crippen LogP contribution in [0.3, 0.4) is 0 Å². The van der Waals surface area contributed by atoms with Gasteiger partial charge in [0.2, 0.25) is 0 Å². The van der Waals surface area contributed by atoms with E-state index in [1.807, 2.05) is 6.07 Å². The minimum Gasteiger partial charge on any atom is -0.509 e. The van der Waals surface area contributed by atoms with Gasteiger partial charge in [-0.1, -0.05) is 173 Å². The Morgan fingerprint density at radius 1 is 0.437 bits per heavy atom. The zero-order valence-electron chi connectivity index (χ0n) is 43.2. The molecular formula is C66H63N3OPt. The molecule has 0 fully saturated rings. The largest absolute Gasteiger partial charge is 4.00 e. The first-order valence-corrected chi connectivity index (χ1v) is 24.8. The molecule has 8 aromatic carbocycles. The van der Waals surface area contributed by atoms with Crippen molar-refractivity contribution in [3.05, 3.63) is 227 Å². The van der Waals surface area contributed by atoms with Gasteiger partial charge < -0.3 is 19.4 Å². The number of hydrogen-bond donors (Lipinski definition) is 0. The standard InChI is InChI=1S/C66H63N3O.Pt/c1-62(2,3)43-21-19-23-48(36-43)69-58-30-18-17-29-56(58)66(54-27-15-13-25-52(54)53-26-14-16-28-55(53)66)57-33-32-51(41-60(57)69)70-50-24-20-22-47(40-50)67-42-68(59-34-31-44(39-61(59)67)63(4,5)6)49-37-45(64(7,8)9)35-46(38-49)65(10,11)12;/h13-22,24-39,42H,1-12H3;/q-4;+4. The molecule has 0 radical (unpaired) electrons. The van der Waals surface area contributed by atoms with Gasteiger partial charge in [-0.05, 0) is 96.5 Å². The summed E-state index contributed by atoms with van der Waals surface area (Å²) in [5.41, 5.74) is 19.0. The molecule has 0 aromatic heterocycles. The summed E-state index contributed by atoms with van der Waals surface area (Å²) in [4.78, 5) is 6.96. The smallest absolute Gasteiger partial charge is 0.509 e. The van der Waals surface area contributed by atoms with E-state index in [1.54, 1.807) is 0 Å². The van der Waals surface area contributed by atoms with Gasteiger partial charge in [0.25, 0.3) is 0 Å². The molecule has 8 aromatic rings. The van der Waals surface area contributed by atoms with Crippen molar-refractivity contribution in [1.82, 2.24) is 0 Å². The zero-order chi connectivity index (χ0) is 49.1. The van der Waals surface area contributed by atoms with E-state index in [4.69, 9.17) is 4.74 Å². The molecule has 11 rings (SSSR count). The Kier molecular flexibility index (Phi) is 11.7. The van der Waals surface area contributed by atoms with Crippen LogP contribution in [0.2, 0.25) is 0 Å². The Bertz CT molecular complexity index is 3280. The van der Waals surface area contributed by atoms with Crippen LogP contribution >= 0.6 is 0 Å². The third-order valence-electron chi connectivity index (χ3n) is 14.7. The second kappa shape index (κ2) is 17.2. The molecule has 0 N–H and O–H groups in total. The predicted octanol–water partition coefficient (Wildman–Crippen LogP) is 17.6. The molecule has 0 saturated carbocycles. The molecule has 5 heteroatoms. The van der Waals surface area contributed by atoms with Crippen LogP contribution in [-0.2, 0) is 48.1 Å². The van der Waals surface area contributed by atoms with Gasteiger partial charge in [0.15, 0.2) is 0 Å². The van der Waals surface area contributed by atoms with Crippen LogP contribution in [-0.4, -0.2) is 0 Å². The number of benzene rings is 8. The first-order chi connectivity index (χ1) is 33.2. The molecule has 71 heavy (non-hydrogen) atoms. The van der Waals surface area contributed by atoms with Crippen molar-refractivity contribution < 1.29 is 25.8 Å². The van der Waals surface area contributed by atoms with E-state index in [2.05, 4.69) is 274 Å². The summed E-state index contributed by atoms with van der Waals surface area (Å²) in [5, 5.41) is 0. The Balaban J connectivity index is 0.00000582. The molecule has 1 aliphatic carbocycles. The molecule has 0 bridgehead atoms. The first-order valence-electron chi connectivity index (χ1n) is 24.8. The molecule has 0 amide bonds. The average Bonchev–Trinajstić information content (AvgIpc) is 3.85. The topological polar surface area (TPSA) is 19.0 Å². The molecule has 2 heterocycles. The molecule has 4 nitrogen and oxygen atoms in total. The van der Waals surface area contributed by atoms with Gasteiger partial charge in [0.1, 0.15) is 0 Å². The Hall–Kier alpha value is -6.35. The fourth-order valence-electron chi connectivity index (χ4n) is 10.8. The van der Waals surface area contributed by atoms with Crippen molar-refractivity contribution in [1.29, 1.82) is 0 Å². The number of anilines is 7. The molecule has 0 atom stereocenters.